The number of carbonyl (C=O) groups excluding carboxylic acids is 1. The van der Waals surface area contributed by atoms with Gasteiger partial charge in [0.1, 0.15) is 0 Å². The molecule has 1 aliphatic heterocycles. The average molecular weight is 290 g/mol. The zero-order chi connectivity index (χ0) is 15.2. The first kappa shape index (κ1) is 15.9. The summed E-state index contributed by atoms with van der Waals surface area (Å²) in [6, 6.07) is 8.26. The van der Waals surface area contributed by atoms with Gasteiger partial charge in [0.2, 0.25) is 5.91 Å². The molecule has 1 aromatic carbocycles. The Balaban J connectivity index is 1.80. The summed E-state index contributed by atoms with van der Waals surface area (Å²) in [6.45, 7) is 5.44. The minimum atomic E-state index is 0.226. The molecule has 0 bridgehead atoms. The summed E-state index contributed by atoms with van der Waals surface area (Å²) in [5.41, 5.74) is 7.94. The van der Waals surface area contributed by atoms with E-state index in [0.29, 0.717) is 13.1 Å². The van der Waals surface area contributed by atoms with E-state index in [9.17, 15) is 4.79 Å². The van der Waals surface area contributed by atoms with E-state index in [1.54, 1.807) is 0 Å². The molecule has 1 saturated heterocycles. The molecular formula is C16H26N4O. The molecule has 1 amide bonds. The number of benzene rings is 1. The first-order valence-electron chi connectivity index (χ1n) is 7.51. The summed E-state index contributed by atoms with van der Waals surface area (Å²) in [7, 11) is 4.09. The maximum atomic E-state index is 12.3. The summed E-state index contributed by atoms with van der Waals surface area (Å²) < 4.78 is 0. The highest BCUT2D eigenvalue weighted by molar-refractivity contribution is 5.78. The van der Waals surface area contributed by atoms with Crippen LogP contribution in [-0.4, -0.2) is 67.4 Å². The predicted octanol–water partition coefficient (Wildman–Crippen LogP) is 0.351. The van der Waals surface area contributed by atoms with Gasteiger partial charge in [0.15, 0.2) is 0 Å². The van der Waals surface area contributed by atoms with E-state index in [2.05, 4.69) is 29.0 Å². The number of carbonyl (C=O) groups is 1. The normalized spacial score (nSPS) is 16.5. The summed E-state index contributed by atoms with van der Waals surface area (Å²) in [5, 5.41) is 0. The highest BCUT2D eigenvalue weighted by atomic mass is 16.2. The van der Waals surface area contributed by atoms with Crippen LogP contribution < -0.4 is 5.73 Å². The van der Waals surface area contributed by atoms with Crippen LogP contribution in [0.2, 0.25) is 0 Å². The Labute approximate surface area is 127 Å². The van der Waals surface area contributed by atoms with Gasteiger partial charge < -0.3 is 15.5 Å². The van der Waals surface area contributed by atoms with Crippen LogP contribution in [0.5, 0.6) is 0 Å². The summed E-state index contributed by atoms with van der Waals surface area (Å²) in [6.07, 6.45) is 0. The second kappa shape index (κ2) is 7.54. The van der Waals surface area contributed by atoms with E-state index in [1.165, 1.54) is 5.56 Å². The van der Waals surface area contributed by atoms with Gasteiger partial charge >= 0.3 is 0 Å². The fourth-order valence-corrected chi connectivity index (χ4v) is 2.54. The largest absolute Gasteiger partial charge is 0.339 e. The summed E-state index contributed by atoms with van der Waals surface area (Å²) in [5.74, 6) is 0.226. The van der Waals surface area contributed by atoms with E-state index in [1.807, 2.05) is 24.1 Å². The van der Waals surface area contributed by atoms with Gasteiger partial charge in [-0.15, -0.1) is 0 Å². The van der Waals surface area contributed by atoms with Crippen LogP contribution in [0, 0.1) is 0 Å². The first-order chi connectivity index (χ1) is 10.1. The molecule has 0 saturated carbocycles. The van der Waals surface area contributed by atoms with Crippen LogP contribution in [0.15, 0.2) is 24.3 Å². The summed E-state index contributed by atoms with van der Waals surface area (Å²) in [4.78, 5) is 18.5. The van der Waals surface area contributed by atoms with Gasteiger partial charge in [-0.1, -0.05) is 24.3 Å². The second-order valence-corrected chi connectivity index (χ2v) is 5.88. The molecule has 21 heavy (non-hydrogen) atoms. The number of nitrogens with zero attached hydrogens (tertiary/aromatic N) is 3. The van der Waals surface area contributed by atoms with Gasteiger partial charge in [-0.25, -0.2) is 0 Å². The van der Waals surface area contributed by atoms with Gasteiger partial charge in [0.25, 0.3) is 0 Å². The van der Waals surface area contributed by atoms with Crippen LogP contribution >= 0.6 is 0 Å². The Bertz CT molecular complexity index is 452. The van der Waals surface area contributed by atoms with Crippen molar-refractivity contribution in [1.82, 2.24) is 14.7 Å². The molecule has 2 rings (SSSR count). The number of piperazine rings is 1. The van der Waals surface area contributed by atoms with Crippen molar-refractivity contribution in [1.29, 1.82) is 0 Å². The monoisotopic (exact) mass is 290 g/mol. The Morgan fingerprint density at radius 1 is 1.14 bits per heavy atom. The Hall–Kier alpha value is -1.43. The topological polar surface area (TPSA) is 52.8 Å². The second-order valence-electron chi connectivity index (χ2n) is 5.88. The fourth-order valence-electron chi connectivity index (χ4n) is 2.54. The lowest BCUT2D eigenvalue weighted by Gasteiger charge is -2.33. The third kappa shape index (κ3) is 4.81. The van der Waals surface area contributed by atoms with Crippen LogP contribution in [0.1, 0.15) is 11.1 Å². The Morgan fingerprint density at radius 3 is 2.29 bits per heavy atom. The number of likely N-dealkylation sites (N-methyl/N-ethyl adjacent to an activating group) is 2. The molecule has 2 N–H and O–H groups in total. The molecule has 116 valence electrons. The van der Waals surface area contributed by atoms with Crippen molar-refractivity contribution in [2.75, 3.05) is 46.8 Å². The molecule has 1 heterocycles. The van der Waals surface area contributed by atoms with E-state index in [0.717, 1.165) is 38.3 Å². The number of hydrogen-bond acceptors (Lipinski definition) is 4. The van der Waals surface area contributed by atoms with Crippen LogP contribution in [0.25, 0.3) is 0 Å². The molecule has 0 aliphatic carbocycles. The fraction of sp³-hybridized carbons (Fsp3) is 0.562. The number of rotatable bonds is 5. The molecule has 1 aliphatic rings. The lowest BCUT2D eigenvalue weighted by atomic mass is 10.1. The molecule has 0 aromatic heterocycles. The predicted molar refractivity (Wildman–Crippen MR) is 84.7 cm³/mol. The quantitative estimate of drug-likeness (QED) is 0.850. The van der Waals surface area contributed by atoms with Crippen molar-refractivity contribution in [3.63, 3.8) is 0 Å². The van der Waals surface area contributed by atoms with E-state index in [-0.39, 0.29) is 5.91 Å². The molecule has 5 heteroatoms. The first-order valence-corrected chi connectivity index (χ1v) is 7.51. The van der Waals surface area contributed by atoms with E-state index in [4.69, 9.17) is 5.73 Å². The van der Waals surface area contributed by atoms with Gasteiger partial charge in [-0.3, -0.25) is 9.69 Å². The molecular weight excluding hydrogens is 264 g/mol. The third-order valence-electron chi connectivity index (χ3n) is 3.97. The SMILES string of the molecule is CN1CCN(C(=O)CN(C)Cc2ccc(CN)cc2)CC1. The molecule has 0 spiro atoms. The molecule has 1 fully saturated rings. The number of nitrogens with two attached hydrogens (primary N) is 1. The van der Waals surface area contributed by atoms with E-state index >= 15 is 0 Å². The van der Waals surface area contributed by atoms with Crippen LogP contribution in [0.4, 0.5) is 0 Å². The Kier molecular flexibility index (Phi) is 5.73. The van der Waals surface area contributed by atoms with Crippen molar-refractivity contribution < 1.29 is 4.79 Å². The van der Waals surface area contributed by atoms with Crippen LogP contribution in [0.3, 0.4) is 0 Å². The van der Waals surface area contributed by atoms with Crippen molar-refractivity contribution >= 4 is 5.91 Å². The highest BCUT2D eigenvalue weighted by Gasteiger charge is 2.19. The lowest BCUT2D eigenvalue weighted by molar-refractivity contribution is -0.133. The van der Waals surface area contributed by atoms with Gasteiger partial charge in [0, 0.05) is 39.3 Å². The average Bonchev–Trinajstić information content (AvgIpc) is 2.48. The molecule has 0 unspecified atom stereocenters. The standard InChI is InChI=1S/C16H26N4O/c1-18-7-9-20(10-8-18)16(21)13-19(2)12-15-5-3-14(11-17)4-6-15/h3-6H,7-13,17H2,1-2H3. The summed E-state index contributed by atoms with van der Waals surface area (Å²) >= 11 is 0. The zero-order valence-electron chi connectivity index (χ0n) is 13.1. The van der Waals surface area contributed by atoms with Crippen LogP contribution in [-0.2, 0) is 17.9 Å². The molecule has 5 nitrogen and oxygen atoms in total. The van der Waals surface area contributed by atoms with Crippen molar-refractivity contribution in [3.05, 3.63) is 35.4 Å². The zero-order valence-corrected chi connectivity index (χ0v) is 13.1. The minimum absolute atomic E-state index is 0.226. The smallest absolute Gasteiger partial charge is 0.236 e. The maximum absolute atomic E-state index is 12.3. The minimum Gasteiger partial charge on any atom is -0.339 e. The van der Waals surface area contributed by atoms with Crippen molar-refractivity contribution in [2.45, 2.75) is 13.1 Å². The molecule has 0 radical (unpaired) electrons. The maximum Gasteiger partial charge on any atom is 0.236 e. The Morgan fingerprint density at radius 2 is 1.71 bits per heavy atom. The van der Waals surface area contributed by atoms with Gasteiger partial charge in [-0.2, -0.15) is 0 Å². The van der Waals surface area contributed by atoms with Crippen molar-refractivity contribution in [3.8, 4) is 0 Å². The third-order valence-corrected chi connectivity index (χ3v) is 3.97. The number of amides is 1. The number of hydrogen-bond donors (Lipinski definition) is 1. The van der Waals surface area contributed by atoms with Gasteiger partial charge in [-0.05, 0) is 25.2 Å². The van der Waals surface area contributed by atoms with E-state index < -0.39 is 0 Å². The molecule has 0 atom stereocenters. The molecule has 1 aromatic rings. The lowest BCUT2D eigenvalue weighted by Crippen LogP contribution is -2.49. The van der Waals surface area contributed by atoms with Gasteiger partial charge in [0.05, 0.1) is 6.54 Å². The van der Waals surface area contributed by atoms with Crippen molar-refractivity contribution in [2.24, 2.45) is 5.73 Å². The highest BCUT2D eigenvalue weighted by Crippen LogP contribution is 2.07.